The van der Waals surface area contributed by atoms with Crippen LogP contribution >= 0.6 is 0 Å². The van der Waals surface area contributed by atoms with Gasteiger partial charge in [-0.05, 0) is 43.7 Å². The lowest BCUT2D eigenvalue weighted by atomic mass is 9.96. The van der Waals surface area contributed by atoms with E-state index in [0.29, 0.717) is 5.92 Å². The van der Waals surface area contributed by atoms with Crippen molar-refractivity contribution in [1.82, 2.24) is 29.4 Å². The molecule has 0 aliphatic carbocycles. The number of aromatic nitrogens is 5. The van der Waals surface area contributed by atoms with Gasteiger partial charge in [-0.25, -0.2) is 4.68 Å². The van der Waals surface area contributed by atoms with E-state index in [2.05, 4.69) is 45.6 Å². The van der Waals surface area contributed by atoms with E-state index >= 15 is 0 Å². The Balaban J connectivity index is 1.46. The number of nitrogens with zero attached hydrogens (tertiary/aromatic N) is 6. The number of piperidine rings is 1. The van der Waals surface area contributed by atoms with Crippen LogP contribution in [0.2, 0.25) is 0 Å². The molecule has 32 heavy (non-hydrogen) atoms. The SMILES string of the molecule is COc1cccc(-c2nn(-c3ccccc3)cc2CN2CCC[C@@H](c3nncn3C)C2)c1. The van der Waals surface area contributed by atoms with Crippen LogP contribution in [0.5, 0.6) is 5.75 Å². The molecule has 0 radical (unpaired) electrons. The molecular weight excluding hydrogens is 400 g/mol. The molecule has 2 aromatic heterocycles. The Labute approximate surface area is 188 Å². The largest absolute Gasteiger partial charge is 0.497 e. The summed E-state index contributed by atoms with van der Waals surface area (Å²) in [7, 11) is 3.72. The van der Waals surface area contributed by atoms with Gasteiger partial charge in [0.2, 0.25) is 0 Å². The molecule has 0 unspecified atom stereocenters. The van der Waals surface area contributed by atoms with Crippen LogP contribution in [0, 0.1) is 0 Å². The maximum atomic E-state index is 5.46. The van der Waals surface area contributed by atoms with Gasteiger partial charge in [-0.1, -0.05) is 30.3 Å². The summed E-state index contributed by atoms with van der Waals surface area (Å²) in [5, 5.41) is 13.4. The average Bonchev–Trinajstić information content (AvgIpc) is 3.46. The molecule has 5 rings (SSSR count). The monoisotopic (exact) mass is 428 g/mol. The number of benzene rings is 2. The van der Waals surface area contributed by atoms with Crippen LogP contribution in [0.15, 0.2) is 67.1 Å². The lowest BCUT2D eigenvalue weighted by molar-refractivity contribution is 0.195. The maximum absolute atomic E-state index is 5.46. The van der Waals surface area contributed by atoms with E-state index in [-0.39, 0.29) is 0 Å². The number of hydrogen-bond donors (Lipinski definition) is 0. The van der Waals surface area contributed by atoms with Crippen molar-refractivity contribution in [2.45, 2.75) is 25.3 Å². The number of para-hydroxylation sites is 1. The van der Waals surface area contributed by atoms with Crippen molar-refractivity contribution in [3.05, 3.63) is 78.5 Å². The van der Waals surface area contributed by atoms with Crippen LogP contribution in [0.1, 0.15) is 30.1 Å². The second-order valence-corrected chi connectivity index (χ2v) is 8.39. The van der Waals surface area contributed by atoms with Crippen molar-refractivity contribution >= 4 is 0 Å². The van der Waals surface area contributed by atoms with E-state index in [1.54, 1.807) is 13.4 Å². The van der Waals surface area contributed by atoms with E-state index in [1.165, 1.54) is 5.56 Å². The molecule has 0 saturated carbocycles. The molecule has 0 bridgehead atoms. The summed E-state index contributed by atoms with van der Waals surface area (Å²) in [6, 6.07) is 18.4. The summed E-state index contributed by atoms with van der Waals surface area (Å²) in [4.78, 5) is 2.51. The normalized spacial score (nSPS) is 16.9. The van der Waals surface area contributed by atoms with Crippen molar-refractivity contribution in [3.63, 3.8) is 0 Å². The zero-order valence-corrected chi connectivity index (χ0v) is 18.6. The lowest BCUT2D eigenvalue weighted by Gasteiger charge is -2.32. The van der Waals surface area contributed by atoms with E-state index in [0.717, 1.165) is 61.0 Å². The fourth-order valence-electron chi connectivity index (χ4n) is 4.56. The summed E-state index contributed by atoms with van der Waals surface area (Å²) in [6.45, 7) is 2.89. The van der Waals surface area contributed by atoms with Crippen LogP contribution in [0.25, 0.3) is 16.9 Å². The zero-order valence-electron chi connectivity index (χ0n) is 18.6. The molecule has 0 spiro atoms. The number of aryl methyl sites for hydroxylation is 1. The van der Waals surface area contributed by atoms with Gasteiger partial charge in [0, 0.05) is 43.4 Å². The topological polar surface area (TPSA) is 61.0 Å². The number of rotatable bonds is 6. The van der Waals surface area contributed by atoms with Crippen LogP contribution in [-0.4, -0.2) is 49.6 Å². The summed E-state index contributed by atoms with van der Waals surface area (Å²) < 4.78 is 9.49. The Morgan fingerprint density at radius 3 is 2.75 bits per heavy atom. The Kier molecular flexibility index (Phi) is 5.73. The number of methoxy groups -OCH3 is 1. The van der Waals surface area contributed by atoms with Gasteiger partial charge >= 0.3 is 0 Å². The Morgan fingerprint density at radius 2 is 1.97 bits per heavy atom. The predicted molar refractivity (Wildman–Crippen MR) is 124 cm³/mol. The fourth-order valence-corrected chi connectivity index (χ4v) is 4.56. The molecular formula is C25H28N6O. The molecule has 1 aliphatic heterocycles. The minimum absolute atomic E-state index is 0.403. The minimum Gasteiger partial charge on any atom is -0.497 e. The van der Waals surface area contributed by atoms with E-state index in [4.69, 9.17) is 9.84 Å². The Hall–Kier alpha value is -3.45. The third kappa shape index (κ3) is 4.16. The number of ether oxygens (including phenoxy) is 1. The molecule has 7 nitrogen and oxygen atoms in total. The molecule has 0 amide bonds. The molecule has 2 aromatic carbocycles. The highest BCUT2D eigenvalue weighted by Gasteiger charge is 2.26. The van der Waals surface area contributed by atoms with Crippen molar-refractivity contribution in [3.8, 4) is 22.7 Å². The summed E-state index contributed by atoms with van der Waals surface area (Å²) >= 11 is 0. The van der Waals surface area contributed by atoms with Crippen molar-refractivity contribution in [2.75, 3.05) is 20.2 Å². The smallest absolute Gasteiger partial charge is 0.136 e. The summed E-state index contributed by atoms with van der Waals surface area (Å²) in [6.07, 6.45) is 6.25. The molecule has 4 aromatic rings. The van der Waals surface area contributed by atoms with Crippen molar-refractivity contribution < 1.29 is 4.74 Å². The van der Waals surface area contributed by atoms with Gasteiger partial charge in [0.05, 0.1) is 18.5 Å². The van der Waals surface area contributed by atoms with Gasteiger partial charge in [0.25, 0.3) is 0 Å². The highest BCUT2D eigenvalue weighted by Crippen LogP contribution is 2.30. The van der Waals surface area contributed by atoms with Gasteiger partial charge in [-0.15, -0.1) is 10.2 Å². The van der Waals surface area contributed by atoms with Gasteiger partial charge in [-0.3, -0.25) is 4.90 Å². The molecule has 1 aliphatic rings. The van der Waals surface area contributed by atoms with E-state index < -0.39 is 0 Å². The molecule has 0 N–H and O–H groups in total. The van der Waals surface area contributed by atoms with Gasteiger partial charge in [0.15, 0.2) is 0 Å². The van der Waals surface area contributed by atoms with E-state index in [9.17, 15) is 0 Å². The molecule has 1 atom stereocenters. The van der Waals surface area contributed by atoms with Crippen molar-refractivity contribution in [2.24, 2.45) is 7.05 Å². The average molecular weight is 429 g/mol. The predicted octanol–water partition coefficient (Wildman–Crippen LogP) is 4.06. The third-order valence-corrected chi connectivity index (χ3v) is 6.16. The summed E-state index contributed by atoms with van der Waals surface area (Å²) in [5.74, 6) is 2.31. The number of hydrogen-bond acceptors (Lipinski definition) is 5. The molecule has 1 saturated heterocycles. The first-order valence-electron chi connectivity index (χ1n) is 11.1. The summed E-state index contributed by atoms with van der Waals surface area (Å²) in [5.41, 5.74) is 4.32. The standard InChI is InChI=1S/C25H28N6O/c1-29-18-26-27-25(29)20-9-7-13-30(15-20)16-21-17-31(22-10-4-3-5-11-22)28-24(21)19-8-6-12-23(14-19)32-2/h3-6,8,10-12,14,17-18,20H,7,9,13,15-16H2,1-2H3/t20-/m1/s1. The van der Waals surface area contributed by atoms with Gasteiger partial charge < -0.3 is 9.30 Å². The first-order chi connectivity index (χ1) is 15.7. The number of likely N-dealkylation sites (tertiary alicyclic amines) is 1. The second kappa shape index (κ2) is 8.96. The molecule has 164 valence electrons. The lowest BCUT2D eigenvalue weighted by Crippen LogP contribution is -2.34. The quantitative estimate of drug-likeness (QED) is 0.464. The van der Waals surface area contributed by atoms with E-state index in [1.807, 2.05) is 46.6 Å². The minimum atomic E-state index is 0.403. The van der Waals surface area contributed by atoms with Crippen molar-refractivity contribution in [1.29, 1.82) is 0 Å². The van der Waals surface area contributed by atoms with Crippen LogP contribution in [0.3, 0.4) is 0 Å². The second-order valence-electron chi connectivity index (χ2n) is 8.39. The first kappa shape index (κ1) is 20.5. The molecule has 3 heterocycles. The third-order valence-electron chi connectivity index (χ3n) is 6.16. The van der Waals surface area contributed by atoms with Crippen LogP contribution in [0.4, 0.5) is 0 Å². The zero-order chi connectivity index (χ0) is 21.9. The first-order valence-corrected chi connectivity index (χ1v) is 11.1. The Bertz CT molecular complexity index is 1180. The van der Waals surface area contributed by atoms with Crippen LogP contribution in [-0.2, 0) is 13.6 Å². The highest BCUT2D eigenvalue weighted by atomic mass is 16.5. The molecule has 1 fully saturated rings. The van der Waals surface area contributed by atoms with Gasteiger partial charge in [-0.2, -0.15) is 5.10 Å². The van der Waals surface area contributed by atoms with Crippen LogP contribution < -0.4 is 4.74 Å². The Morgan fingerprint density at radius 1 is 1.09 bits per heavy atom. The fraction of sp³-hybridized carbons (Fsp3) is 0.320. The van der Waals surface area contributed by atoms with Gasteiger partial charge in [0.1, 0.15) is 17.9 Å². The maximum Gasteiger partial charge on any atom is 0.136 e. The molecule has 7 heteroatoms. The highest BCUT2D eigenvalue weighted by molar-refractivity contribution is 5.65.